The highest BCUT2D eigenvalue weighted by Gasteiger charge is 2.26. The summed E-state index contributed by atoms with van der Waals surface area (Å²) in [4.78, 5) is 22.5. The van der Waals surface area contributed by atoms with Crippen LogP contribution >= 0.6 is 11.3 Å². The zero-order chi connectivity index (χ0) is 17.1. The van der Waals surface area contributed by atoms with Crippen LogP contribution in [0.5, 0.6) is 0 Å². The molecule has 2 aromatic carbocycles. The number of thiazole rings is 1. The summed E-state index contributed by atoms with van der Waals surface area (Å²) < 4.78 is 0. The number of carbonyl (C=O) groups excluding carboxylic acids is 1. The minimum Gasteiger partial charge on any atom is -0.368 e. The minimum atomic E-state index is 0.0350. The van der Waals surface area contributed by atoms with Gasteiger partial charge in [0.25, 0.3) is 5.91 Å². The van der Waals surface area contributed by atoms with Gasteiger partial charge in [0.2, 0.25) is 0 Å². The maximum atomic E-state index is 12.9. The Hall–Kier alpha value is -2.66. The molecule has 0 atom stereocenters. The smallest absolute Gasteiger partial charge is 0.274 e. The normalized spacial score (nSPS) is 14.6. The summed E-state index contributed by atoms with van der Waals surface area (Å²) in [7, 11) is 0. The van der Waals surface area contributed by atoms with Crippen LogP contribution < -0.4 is 4.90 Å². The van der Waals surface area contributed by atoms with Crippen LogP contribution in [0.2, 0.25) is 0 Å². The molecule has 0 bridgehead atoms. The van der Waals surface area contributed by atoms with Gasteiger partial charge in [-0.3, -0.25) is 4.79 Å². The Bertz CT molecular complexity index is 840. The molecule has 0 radical (unpaired) electrons. The number of carbonyl (C=O) groups is 1. The monoisotopic (exact) mass is 349 g/mol. The molecule has 4 rings (SSSR count). The molecule has 1 aliphatic rings. The molecule has 1 amide bonds. The zero-order valence-corrected chi connectivity index (χ0v) is 14.7. The first-order valence-corrected chi connectivity index (χ1v) is 9.29. The quantitative estimate of drug-likeness (QED) is 0.722. The molecule has 0 aliphatic carbocycles. The highest BCUT2D eigenvalue weighted by Crippen LogP contribution is 2.28. The largest absolute Gasteiger partial charge is 0.368 e. The first kappa shape index (κ1) is 15.8. The van der Waals surface area contributed by atoms with Gasteiger partial charge in [0.15, 0.2) is 0 Å². The first-order valence-electron chi connectivity index (χ1n) is 8.41. The van der Waals surface area contributed by atoms with Gasteiger partial charge in [-0.2, -0.15) is 0 Å². The van der Waals surface area contributed by atoms with Crippen molar-refractivity contribution in [2.75, 3.05) is 31.1 Å². The summed E-state index contributed by atoms with van der Waals surface area (Å²) in [6.07, 6.45) is 0. The molecular weight excluding hydrogens is 330 g/mol. The fraction of sp³-hybridized carbons (Fsp3) is 0.200. The number of aromatic nitrogens is 1. The van der Waals surface area contributed by atoms with Crippen molar-refractivity contribution in [3.8, 4) is 10.4 Å². The number of rotatable bonds is 3. The van der Waals surface area contributed by atoms with Crippen LogP contribution in [0.4, 0.5) is 5.69 Å². The van der Waals surface area contributed by atoms with Crippen LogP contribution in [0.1, 0.15) is 10.5 Å². The second-order valence-electron chi connectivity index (χ2n) is 6.01. The SMILES string of the molecule is O=C(c1ncsc1-c1ccccc1)N1CCN(c2ccccc2)CC1. The van der Waals surface area contributed by atoms with Gasteiger partial charge in [0, 0.05) is 31.9 Å². The van der Waals surface area contributed by atoms with Gasteiger partial charge in [-0.1, -0.05) is 48.5 Å². The van der Waals surface area contributed by atoms with Gasteiger partial charge < -0.3 is 9.80 Å². The predicted octanol–water partition coefficient (Wildman–Crippen LogP) is 3.77. The van der Waals surface area contributed by atoms with Crippen LogP contribution in [0, 0.1) is 0 Å². The maximum absolute atomic E-state index is 12.9. The number of amides is 1. The van der Waals surface area contributed by atoms with Crippen LogP contribution in [-0.4, -0.2) is 42.0 Å². The van der Waals surface area contributed by atoms with Crippen molar-refractivity contribution in [2.45, 2.75) is 0 Å². The molecule has 2 heterocycles. The molecule has 1 aliphatic heterocycles. The lowest BCUT2D eigenvalue weighted by atomic mass is 10.1. The van der Waals surface area contributed by atoms with Gasteiger partial charge in [-0.25, -0.2) is 4.98 Å². The van der Waals surface area contributed by atoms with E-state index in [-0.39, 0.29) is 5.91 Å². The highest BCUT2D eigenvalue weighted by molar-refractivity contribution is 7.13. The van der Waals surface area contributed by atoms with E-state index in [0.717, 1.165) is 36.6 Å². The molecule has 1 saturated heterocycles. The fourth-order valence-corrected chi connectivity index (χ4v) is 3.94. The lowest BCUT2D eigenvalue weighted by Gasteiger charge is -2.36. The van der Waals surface area contributed by atoms with Crippen molar-refractivity contribution in [3.63, 3.8) is 0 Å². The van der Waals surface area contributed by atoms with E-state index in [1.54, 1.807) is 5.51 Å². The molecule has 1 aromatic heterocycles. The summed E-state index contributed by atoms with van der Waals surface area (Å²) in [5.41, 5.74) is 4.60. The summed E-state index contributed by atoms with van der Waals surface area (Å²) >= 11 is 1.52. The number of piperazine rings is 1. The summed E-state index contributed by atoms with van der Waals surface area (Å²) in [5.74, 6) is 0.0350. The standard InChI is InChI=1S/C20H19N3OS/c24-20(18-19(25-15-21-18)16-7-3-1-4-8-16)23-13-11-22(12-14-23)17-9-5-2-6-10-17/h1-10,15H,11-14H2. The molecule has 0 N–H and O–H groups in total. The molecule has 25 heavy (non-hydrogen) atoms. The molecular formula is C20H19N3OS. The molecule has 0 saturated carbocycles. The van der Waals surface area contributed by atoms with Crippen molar-refractivity contribution in [1.82, 2.24) is 9.88 Å². The van der Waals surface area contributed by atoms with Crippen molar-refractivity contribution in [2.24, 2.45) is 0 Å². The second-order valence-corrected chi connectivity index (χ2v) is 6.87. The number of hydrogen-bond acceptors (Lipinski definition) is 4. The maximum Gasteiger partial charge on any atom is 0.274 e. The average Bonchev–Trinajstić information content (AvgIpc) is 3.19. The van der Waals surface area contributed by atoms with Crippen molar-refractivity contribution in [1.29, 1.82) is 0 Å². The van der Waals surface area contributed by atoms with Crippen LogP contribution in [0.25, 0.3) is 10.4 Å². The summed E-state index contributed by atoms with van der Waals surface area (Å²) in [5, 5.41) is 0. The molecule has 4 nitrogen and oxygen atoms in total. The lowest BCUT2D eigenvalue weighted by molar-refractivity contribution is 0.0742. The number of nitrogens with zero attached hydrogens (tertiary/aromatic N) is 3. The predicted molar refractivity (Wildman–Crippen MR) is 102 cm³/mol. The minimum absolute atomic E-state index is 0.0350. The van der Waals surface area contributed by atoms with E-state index in [2.05, 4.69) is 22.0 Å². The van der Waals surface area contributed by atoms with Crippen LogP contribution in [0.15, 0.2) is 66.2 Å². The highest BCUT2D eigenvalue weighted by atomic mass is 32.1. The molecule has 1 fully saturated rings. The van der Waals surface area contributed by atoms with Crippen LogP contribution in [0.3, 0.4) is 0 Å². The Kier molecular flexibility index (Phi) is 4.48. The van der Waals surface area contributed by atoms with E-state index in [4.69, 9.17) is 0 Å². The number of hydrogen-bond donors (Lipinski definition) is 0. The Morgan fingerprint density at radius 1 is 0.880 bits per heavy atom. The van der Waals surface area contributed by atoms with Crippen LogP contribution in [-0.2, 0) is 0 Å². The summed E-state index contributed by atoms with van der Waals surface area (Å²) in [6, 6.07) is 20.4. The number of para-hydroxylation sites is 1. The van der Waals surface area contributed by atoms with Crippen molar-refractivity contribution < 1.29 is 4.79 Å². The molecule has 126 valence electrons. The average molecular weight is 349 g/mol. The Morgan fingerprint density at radius 3 is 2.20 bits per heavy atom. The van der Waals surface area contributed by atoms with E-state index >= 15 is 0 Å². The second kappa shape index (κ2) is 7.07. The van der Waals surface area contributed by atoms with E-state index in [1.165, 1.54) is 17.0 Å². The van der Waals surface area contributed by atoms with Gasteiger partial charge in [0.1, 0.15) is 5.69 Å². The number of anilines is 1. The zero-order valence-electron chi connectivity index (χ0n) is 13.8. The molecule has 5 heteroatoms. The van der Waals surface area contributed by atoms with E-state index in [1.807, 2.05) is 53.4 Å². The molecule has 0 unspecified atom stereocenters. The third-order valence-corrected chi connectivity index (χ3v) is 5.37. The topological polar surface area (TPSA) is 36.4 Å². The summed E-state index contributed by atoms with van der Waals surface area (Å²) in [6.45, 7) is 3.14. The lowest BCUT2D eigenvalue weighted by Crippen LogP contribution is -2.49. The van der Waals surface area contributed by atoms with Gasteiger partial charge in [0.05, 0.1) is 10.4 Å². The Morgan fingerprint density at radius 2 is 1.52 bits per heavy atom. The van der Waals surface area contributed by atoms with Gasteiger partial charge in [-0.15, -0.1) is 11.3 Å². The number of benzene rings is 2. The van der Waals surface area contributed by atoms with E-state index in [0.29, 0.717) is 5.69 Å². The van der Waals surface area contributed by atoms with E-state index < -0.39 is 0 Å². The third-order valence-electron chi connectivity index (χ3n) is 4.49. The third kappa shape index (κ3) is 3.28. The van der Waals surface area contributed by atoms with Gasteiger partial charge >= 0.3 is 0 Å². The fourth-order valence-electron chi connectivity index (χ4n) is 3.15. The van der Waals surface area contributed by atoms with Crippen molar-refractivity contribution in [3.05, 3.63) is 71.9 Å². The Labute approximate surface area is 151 Å². The Balaban J connectivity index is 1.48. The molecule has 3 aromatic rings. The van der Waals surface area contributed by atoms with Gasteiger partial charge in [-0.05, 0) is 17.7 Å². The van der Waals surface area contributed by atoms with Crippen molar-refractivity contribution >= 4 is 22.9 Å². The van der Waals surface area contributed by atoms with E-state index in [9.17, 15) is 4.79 Å². The first-order chi connectivity index (χ1) is 12.3. The molecule has 0 spiro atoms.